The number of amides is 1. The largest absolute Gasteiger partial charge is 0.497 e. The predicted molar refractivity (Wildman–Crippen MR) is 121 cm³/mol. The van der Waals surface area contributed by atoms with E-state index in [9.17, 15) is 19.7 Å². The van der Waals surface area contributed by atoms with Gasteiger partial charge in [0.15, 0.2) is 5.76 Å². The molecule has 0 spiro atoms. The van der Waals surface area contributed by atoms with Gasteiger partial charge in [-0.2, -0.15) is 0 Å². The minimum Gasteiger partial charge on any atom is -0.497 e. The van der Waals surface area contributed by atoms with E-state index in [1.165, 1.54) is 31.4 Å². The molecule has 1 atom stereocenters. The summed E-state index contributed by atoms with van der Waals surface area (Å²) in [7, 11) is 1.41. The molecule has 0 saturated carbocycles. The molecule has 0 aliphatic heterocycles. The molecule has 3 aromatic rings. The van der Waals surface area contributed by atoms with Crippen molar-refractivity contribution in [2.45, 2.75) is 33.1 Å². The Kier molecular flexibility index (Phi) is 6.40. The fourth-order valence-corrected chi connectivity index (χ4v) is 4.03. The molecule has 178 valence electrons. The third kappa shape index (κ3) is 4.39. The number of benzene rings is 1. The van der Waals surface area contributed by atoms with Crippen LogP contribution in [0.1, 0.15) is 52.5 Å². The smallest absolute Gasteiger partial charge is 0.344 e. The molecule has 10 heteroatoms. The molecule has 1 aliphatic carbocycles. The number of ether oxygens (including phenoxy) is 2. The lowest BCUT2D eigenvalue weighted by molar-refractivity contribution is -0.384. The van der Waals surface area contributed by atoms with Crippen LogP contribution in [0.25, 0.3) is 11.3 Å². The molecule has 0 fully saturated rings. The van der Waals surface area contributed by atoms with Crippen LogP contribution < -0.4 is 10.1 Å². The minimum absolute atomic E-state index is 0.0101. The summed E-state index contributed by atoms with van der Waals surface area (Å²) in [6.07, 6.45) is 2.20. The summed E-state index contributed by atoms with van der Waals surface area (Å²) in [4.78, 5) is 36.5. The Bertz CT molecular complexity index is 1260. The number of nitrogens with one attached hydrogen (secondary N) is 1. The number of hydrogen-bond donors (Lipinski definition) is 1. The summed E-state index contributed by atoms with van der Waals surface area (Å²) in [6, 6.07) is 7.18. The summed E-state index contributed by atoms with van der Waals surface area (Å²) in [5, 5.41) is 14.1. The average Bonchev–Trinajstić information content (AvgIpc) is 3.43. The van der Waals surface area contributed by atoms with E-state index in [0.717, 1.165) is 12.0 Å². The third-order valence-electron chi connectivity index (χ3n) is 5.72. The zero-order valence-corrected chi connectivity index (χ0v) is 19.0. The molecule has 1 aromatic carbocycles. The number of carbonyl (C=O) groups is 2. The average molecular weight is 468 g/mol. The maximum absolute atomic E-state index is 12.9. The molecule has 0 bridgehead atoms. The Hall–Kier alpha value is -4.08. The van der Waals surface area contributed by atoms with Crippen molar-refractivity contribution in [3.63, 3.8) is 0 Å². The molecule has 1 aliphatic rings. The number of nitrogens with zero attached hydrogens (tertiary/aromatic N) is 1. The Morgan fingerprint density at radius 1 is 1.24 bits per heavy atom. The van der Waals surface area contributed by atoms with E-state index in [-0.39, 0.29) is 40.8 Å². The molecule has 10 nitrogen and oxygen atoms in total. The summed E-state index contributed by atoms with van der Waals surface area (Å²) in [5.74, 6) is 0.198. The van der Waals surface area contributed by atoms with Crippen LogP contribution in [0.5, 0.6) is 5.75 Å². The zero-order chi connectivity index (χ0) is 24.4. The van der Waals surface area contributed by atoms with Crippen molar-refractivity contribution in [2.75, 3.05) is 19.0 Å². The summed E-state index contributed by atoms with van der Waals surface area (Å²) >= 11 is 0. The number of nitro groups is 1. The minimum atomic E-state index is -0.660. The van der Waals surface area contributed by atoms with E-state index in [0.29, 0.717) is 30.3 Å². The lowest BCUT2D eigenvalue weighted by Crippen LogP contribution is -2.16. The number of rotatable bonds is 7. The quantitative estimate of drug-likeness (QED) is 0.290. The third-order valence-corrected chi connectivity index (χ3v) is 5.72. The van der Waals surface area contributed by atoms with E-state index in [1.807, 2.05) is 0 Å². The van der Waals surface area contributed by atoms with Gasteiger partial charge < -0.3 is 18.3 Å². The summed E-state index contributed by atoms with van der Waals surface area (Å²) in [5.41, 5.74) is 0.938. The molecule has 1 N–H and O–H groups in total. The van der Waals surface area contributed by atoms with Crippen LogP contribution >= 0.6 is 0 Å². The van der Waals surface area contributed by atoms with E-state index < -0.39 is 16.8 Å². The SMILES string of the molecule is CCOC(=O)c1c(NC(=O)c2ccc(-c3ccc(OC)cc3[N+](=O)[O-])o2)oc2c1CC[C@@H](C)C2. The van der Waals surface area contributed by atoms with Crippen molar-refractivity contribution in [3.05, 3.63) is 63.1 Å². The van der Waals surface area contributed by atoms with E-state index in [2.05, 4.69) is 12.2 Å². The van der Waals surface area contributed by atoms with Crippen molar-refractivity contribution in [1.82, 2.24) is 0 Å². The van der Waals surface area contributed by atoms with Gasteiger partial charge in [0.05, 0.1) is 30.3 Å². The maximum atomic E-state index is 12.9. The van der Waals surface area contributed by atoms with Crippen LogP contribution in [0, 0.1) is 16.0 Å². The molecule has 2 heterocycles. The van der Waals surface area contributed by atoms with Gasteiger partial charge in [0.25, 0.3) is 11.6 Å². The van der Waals surface area contributed by atoms with E-state index in [4.69, 9.17) is 18.3 Å². The van der Waals surface area contributed by atoms with Gasteiger partial charge in [-0.3, -0.25) is 20.2 Å². The number of methoxy groups -OCH3 is 1. The van der Waals surface area contributed by atoms with Crippen molar-refractivity contribution < 1.29 is 32.8 Å². The van der Waals surface area contributed by atoms with Crippen molar-refractivity contribution in [2.24, 2.45) is 5.92 Å². The van der Waals surface area contributed by atoms with Crippen molar-refractivity contribution >= 4 is 23.4 Å². The van der Waals surface area contributed by atoms with Gasteiger partial charge in [0.1, 0.15) is 22.8 Å². The second-order valence-electron chi connectivity index (χ2n) is 8.03. The Morgan fingerprint density at radius 3 is 2.74 bits per heavy atom. The van der Waals surface area contributed by atoms with Crippen molar-refractivity contribution in [1.29, 1.82) is 0 Å². The number of fused-ring (bicyclic) bond motifs is 1. The van der Waals surface area contributed by atoms with Gasteiger partial charge in [-0.1, -0.05) is 6.92 Å². The first kappa shape index (κ1) is 23.1. The first-order valence-electron chi connectivity index (χ1n) is 10.9. The number of nitro benzene ring substituents is 1. The fourth-order valence-electron chi connectivity index (χ4n) is 4.03. The molecule has 34 heavy (non-hydrogen) atoms. The van der Waals surface area contributed by atoms with Crippen molar-refractivity contribution in [3.8, 4) is 17.1 Å². The second kappa shape index (κ2) is 9.42. The molecular weight excluding hydrogens is 444 g/mol. The highest BCUT2D eigenvalue weighted by molar-refractivity contribution is 6.06. The molecule has 0 saturated heterocycles. The summed E-state index contributed by atoms with van der Waals surface area (Å²) < 4.78 is 21.7. The lowest BCUT2D eigenvalue weighted by Gasteiger charge is -2.16. The number of hydrogen-bond acceptors (Lipinski definition) is 8. The molecule has 0 radical (unpaired) electrons. The normalized spacial score (nSPS) is 14.9. The van der Waals surface area contributed by atoms with Gasteiger partial charge in [-0.25, -0.2) is 4.79 Å². The standard InChI is InChI=1S/C24H24N2O8/c1-4-32-24(28)21-16-7-5-13(2)11-20(16)34-23(21)25-22(27)19-10-9-18(33-19)15-8-6-14(31-3)12-17(15)26(29)30/h6,8-10,12-13H,4-5,7,11H2,1-3H3,(H,25,27)/t13-/m1/s1. The van der Waals surface area contributed by atoms with Gasteiger partial charge >= 0.3 is 5.97 Å². The van der Waals surface area contributed by atoms with Crippen LogP contribution in [0.3, 0.4) is 0 Å². The lowest BCUT2D eigenvalue weighted by atomic mass is 9.88. The van der Waals surface area contributed by atoms with Crippen LogP contribution in [-0.4, -0.2) is 30.5 Å². The predicted octanol–water partition coefficient (Wildman–Crippen LogP) is 5.01. The Balaban J connectivity index is 1.63. The van der Waals surface area contributed by atoms with E-state index in [1.54, 1.807) is 13.0 Å². The van der Waals surface area contributed by atoms with Crippen LogP contribution in [0.15, 0.2) is 39.2 Å². The van der Waals surface area contributed by atoms with Gasteiger partial charge in [-0.15, -0.1) is 0 Å². The van der Waals surface area contributed by atoms with Crippen LogP contribution in [0.2, 0.25) is 0 Å². The van der Waals surface area contributed by atoms with Gasteiger partial charge in [-0.05, 0) is 49.9 Å². The molecule has 4 rings (SSSR count). The highest BCUT2D eigenvalue weighted by Gasteiger charge is 2.31. The van der Waals surface area contributed by atoms with Crippen LogP contribution in [0.4, 0.5) is 11.6 Å². The first-order valence-corrected chi connectivity index (χ1v) is 10.9. The number of furan rings is 2. The Labute approximate surface area is 195 Å². The monoisotopic (exact) mass is 468 g/mol. The number of anilines is 1. The number of carbonyl (C=O) groups excluding carboxylic acids is 2. The van der Waals surface area contributed by atoms with E-state index >= 15 is 0 Å². The molecule has 2 aromatic heterocycles. The van der Waals surface area contributed by atoms with Gasteiger partial charge in [0.2, 0.25) is 5.88 Å². The summed E-state index contributed by atoms with van der Waals surface area (Å²) in [6.45, 7) is 3.98. The Morgan fingerprint density at radius 2 is 2.03 bits per heavy atom. The molecular formula is C24H24N2O8. The topological polar surface area (TPSA) is 134 Å². The zero-order valence-electron chi connectivity index (χ0n) is 19.0. The second-order valence-corrected chi connectivity index (χ2v) is 8.03. The molecule has 1 amide bonds. The highest BCUT2D eigenvalue weighted by atomic mass is 16.6. The number of esters is 1. The molecule has 0 unspecified atom stereocenters. The first-order chi connectivity index (χ1) is 16.3. The van der Waals surface area contributed by atoms with Gasteiger partial charge in [0, 0.05) is 12.0 Å². The fraction of sp³-hybridized carbons (Fsp3) is 0.333. The van der Waals surface area contributed by atoms with Crippen LogP contribution in [-0.2, 0) is 17.6 Å². The maximum Gasteiger partial charge on any atom is 0.344 e. The highest BCUT2D eigenvalue weighted by Crippen LogP contribution is 2.37.